The van der Waals surface area contributed by atoms with Crippen LogP contribution in [-0.2, 0) is 0 Å². The lowest BCUT2D eigenvalue weighted by Gasteiger charge is -2.06. The molecule has 0 saturated carbocycles. The Morgan fingerprint density at radius 3 is 1.44 bits per heavy atom. The van der Waals surface area contributed by atoms with Crippen molar-refractivity contribution in [3.05, 3.63) is 139 Å². The molecular formula is C29H23N3. The Balaban J connectivity index is 0.000000158. The molecule has 5 rings (SSSR count). The van der Waals surface area contributed by atoms with E-state index in [1.165, 1.54) is 11.1 Å². The highest BCUT2D eigenvalue weighted by atomic mass is 14.8. The molecule has 0 saturated heterocycles. The molecule has 0 amide bonds. The van der Waals surface area contributed by atoms with Crippen LogP contribution in [0.4, 0.5) is 0 Å². The number of hydrogen-bond acceptors (Lipinski definition) is 3. The zero-order chi connectivity index (χ0) is 21.8. The third-order valence-corrected chi connectivity index (χ3v) is 4.72. The molecular weight excluding hydrogens is 390 g/mol. The van der Waals surface area contributed by atoms with E-state index in [-0.39, 0.29) is 0 Å². The van der Waals surface area contributed by atoms with E-state index < -0.39 is 0 Å². The van der Waals surface area contributed by atoms with Gasteiger partial charge in [0.2, 0.25) is 0 Å². The molecule has 32 heavy (non-hydrogen) atoms. The lowest BCUT2D eigenvalue weighted by atomic mass is 10.1. The van der Waals surface area contributed by atoms with Gasteiger partial charge < -0.3 is 0 Å². The zero-order valence-electron chi connectivity index (χ0n) is 17.6. The van der Waals surface area contributed by atoms with E-state index in [2.05, 4.69) is 51.4 Å². The van der Waals surface area contributed by atoms with E-state index in [4.69, 9.17) is 0 Å². The van der Waals surface area contributed by atoms with Crippen LogP contribution in [0.2, 0.25) is 0 Å². The van der Waals surface area contributed by atoms with Gasteiger partial charge in [0, 0.05) is 24.2 Å². The smallest absolute Gasteiger partial charge is 0.0980 e. The van der Waals surface area contributed by atoms with Gasteiger partial charge in [0.25, 0.3) is 0 Å². The van der Waals surface area contributed by atoms with E-state index in [9.17, 15) is 0 Å². The monoisotopic (exact) mass is 413 g/mol. The third kappa shape index (κ3) is 5.83. The first-order valence-electron chi connectivity index (χ1n) is 10.5. The molecule has 3 heteroatoms. The van der Waals surface area contributed by atoms with E-state index in [1.54, 1.807) is 18.6 Å². The Bertz CT molecular complexity index is 1140. The molecule has 5 aromatic rings. The topological polar surface area (TPSA) is 38.7 Å². The van der Waals surface area contributed by atoms with Crippen LogP contribution in [0, 0.1) is 0 Å². The molecule has 2 aromatic carbocycles. The number of hydrogen-bond donors (Lipinski definition) is 0. The van der Waals surface area contributed by atoms with Crippen molar-refractivity contribution in [2.75, 3.05) is 0 Å². The number of pyridine rings is 3. The molecule has 0 aliphatic heterocycles. The minimum atomic E-state index is 0.858. The van der Waals surface area contributed by atoms with Crippen molar-refractivity contribution in [2.24, 2.45) is 0 Å². The maximum atomic E-state index is 4.42. The molecule has 154 valence electrons. The first-order valence-corrected chi connectivity index (χ1v) is 10.5. The van der Waals surface area contributed by atoms with Gasteiger partial charge in [0.05, 0.1) is 17.1 Å². The van der Waals surface area contributed by atoms with Gasteiger partial charge in [-0.05, 0) is 47.5 Å². The average molecular weight is 414 g/mol. The second-order valence-corrected chi connectivity index (χ2v) is 6.98. The summed E-state index contributed by atoms with van der Waals surface area (Å²) in [6.45, 7) is 0. The number of nitrogens with zero attached hydrogens (tertiary/aromatic N) is 3. The van der Waals surface area contributed by atoms with Crippen LogP contribution >= 0.6 is 0 Å². The zero-order valence-corrected chi connectivity index (χ0v) is 17.6. The standard InChI is InChI=1S/C15H11N3.C14H12/c1-3-9-16-13(7-1)12-6-5-11-18-15(12)14-8-2-4-10-17-14;1-3-7-13(8-4-1)11-12-14-9-5-2-6-10-14/h1-11H;1-12H. The van der Waals surface area contributed by atoms with Crippen molar-refractivity contribution < 1.29 is 0 Å². The molecule has 0 aliphatic rings. The molecule has 0 unspecified atom stereocenters. The summed E-state index contributed by atoms with van der Waals surface area (Å²) in [4.78, 5) is 13.1. The lowest BCUT2D eigenvalue weighted by Crippen LogP contribution is -1.92. The van der Waals surface area contributed by atoms with Crippen molar-refractivity contribution in [3.8, 4) is 22.6 Å². The molecule has 0 aliphatic carbocycles. The molecule has 0 radical (unpaired) electrons. The Morgan fingerprint density at radius 1 is 0.406 bits per heavy atom. The summed E-state index contributed by atoms with van der Waals surface area (Å²) in [5.41, 5.74) is 6.09. The molecule has 3 nitrogen and oxygen atoms in total. The summed E-state index contributed by atoms with van der Waals surface area (Å²) >= 11 is 0. The number of rotatable bonds is 4. The van der Waals surface area contributed by atoms with Crippen LogP contribution in [-0.4, -0.2) is 15.0 Å². The van der Waals surface area contributed by atoms with Gasteiger partial charge in [-0.3, -0.25) is 15.0 Å². The summed E-state index contributed by atoms with van der Waals surface area (Å²) in [6.07, 6.45) is 9.57. The van der Waals surface area contributed by atoms with Gasteiger partial charge in [0.15, 0.2) is 0 Å². The van der Waals surface area contributed by atoms with Crippen molar-refractivity contribution in [1.29, 1.82) is 0 Å². The van der Waals surface area contributed by atoms with E-state index in [0.29, 0.717) is 0 Å². The molecule has 0 spiro atoms. The SMILES string of the molecule is C(=Cc1ccccc1)c1ccccc1.c1ccc(-c2cccnc2-c2ccccn2)nc1. The molecule has 0 N–H and O–H groups in total. The Morgan fingerprint density at radius 2 is 0.906 bits per heavy atom. The Hall–Kier alpha value is -4.37. The van der Waals surface area contributed by atoms with Crippen LogP contribution in [0.15, 0.2) is 128 Å². The van der Waals surface area contributed by atoms with Crippen molar-refractivity contribution >= 4 is 12.2 Å². The summed E-state index contributed by atoms with van der Waals surface area (Å²) in [5.74, 6) is 0. The fourth-order valence-corrected chi connectivity index (χ4v) is 3.16. The maximum Gasteiger partial charge on any atom is 0.0980 e. The van der Waals surface area contributed by atoms with E-state index in [0.717, 1.165) is 22.6 Å². The highest BCUT2D eigenvalue weighted by Gasteiger charge is 2.09. The normalized spacial score (nSPS) is 10.4. The van der Waals surface area contributed by atoms with Crippen LogP contribution in [0.5, 0.6) is 0 Å². The fraction of sp³-hybridized carbons (Fsp3) is 0. The van der Waals surface area contributed by atoms with Crippen molar-refractivity contribution in [1.82, 2.24) is 15.0 Å². The van der Waals surface area contributed by atoms with Gasteiger partial charge in [-0.25, -0.2) is 0 Å². The third-order valence-electron chi connectivity index (χ3n) is 4.72. The predicted octanol–water partition coefficient (Wildman–Crippen LogP) is 7.06. The van der Waals surface area contributed by atoms with Crippen LogP contribution < -0.4 is 0 Å². The first-order chi connectivity index (χ1) is 15.9. The van der Waals surface area contributed by atoms with Gasteiger partial charge >= 0.3 is 0 Å². The Kier molecular flexibility index (Phi) is 7.27. The van der Waals surface area contributed by atoms with Crippen LogP contribution in [0.3, 0.4) is 0 Å². The summed E-state index contributed by atoms with van der Waals surface area (Å²) in [6, 6.07) is 36.2. The number of aromatic nitrogens is 3. The van der Waals surface area contributed by atoms with Gasteiger partial charge in [-0.1, -0.05) is 84.9 Å². The highest BCUT2D eigenvalue weighted by molar-refractivity contribution is 5.76. The van der Waals surface area contributed by atoms with Crippen molar-refractivity contribution in [3.63, 3.8) is 0 Å². The number of benzene rings is 2. The quantitative estimate of drug-likeness (QED) is 0.296. The van der Waals surface area contributed by atoms with Gasteiger partial charge in [-0.15, -0.1) is 0 Å². The van der Waals surface area contributed by atoms with E-state index in [1.807, 2.05) is 84.9 Å². The minimum absolute atomic E-state index is 0.858. The van der Waals surface area contributed by atoms with Gasteiger partial charge in [0.1, 0.15) is 0 Å². The first kappa shape index (κ1) is 20.9. The highest BCUT2D eigenvalue weighted by Crippen LogP contribution is 2.26. The summed E-state index contributed by atoms with van der Waals surface area (Å²) in [5, 5.41) is 0. The molecule has 3 heterocycles. The molecule has 0 fully saturated rings. The average Bonchev–Trinajstić information content (AvgIpc) is 2.90. The van der Waals surface area contributed by atoms with Crippen LogP contribution in [0.25, 0.3) is 34.8 Å². The largest absolute Gasteiger partial charge is 0.256 e. The fourth-order valence-electron chi connectivity index (χ4n) is 3.16. The molecule has 3 aromatic heterocycles. The lowest BCUT2D eigenvalue weighted by molar-refractivity contribution is 1.23. The van der Waals surface area contributed by atoms with Gasteiger partial charge in [-0.2, -0.15) is 0 Å². The second kappa shape index (κ2) is 11.1. The maximum absolute atomic E-state index is 4.42. The molecule has 0 atom stereocenters. The Labute approximate surface area is 188 Å². The summed E-state index contributed by atoms with van der Waals surface area (Å²) in [7, 11) is 0. The minimum Gasteiger partial charge on any atom is -0.256 e. The molecule has 0 bridgehead atoms. The van der Waals surface area contributed by atoms with E-state index >= 15 is 0 Å². The van der Waals surface area contributed by atoms with Crippen LogP contribution in [0.1, 0.15) is 11.1 Å². The van der Waals surface area contributed by atoms with Crippen molar-refractivity contribution in [2.45, 2.75) is 0 Å². The second-order valence-electron chi connectivity index (χ2n) is 6.98. The predicted molar refractivity (Wildman–Crippen MR) is 133 cm³/mol. The summed E-state index contributed by atoms with van der Waals surface area (Å²) < 4.78 is 0.